The highest BCUT2D eigenvalue weighted by atomic mass is 32.1. The molecule has 0 aliphatic carbocycles. The first kappa shape index (κ1) is 10.2. The molecule has 0 spiro atoms. The Morgan fingerprint density at radius 3 is 3.15 bits per heavy atom. The van der Waals surface area contributed by atoms with Crippen LogP contribution < -0.4 is 5.32 Å². The van der Waals surface area contributed by atoms with Crippen LogP contribution in [0.4, 0.5) is 0 Å². The SMILES string of the molecule is CNCCC(=O)OCc1cccs1. The number of rotatable bonds is 5. The van der Waals surface area contributed by atoms with E-state index in [4.69, 9.17) is 4.74 Å². The summed E-state index contributed by atoms with van der Waals surface area (Å²) in [4.78, 5) is 12.1. The van der Waals surface area contributed by atoms with Gasteiger partial charge in [-0.05, 0) is 18.5 Å². The van der Waals surface area contributed by atoms with E-state index in [9.17, 15) is 4.79 Å². The Hall–Kier alpha value is -0.870. The lowest BCUT2D eigenvalue weighted by atomic mass is 10.4. The van der Waals surface area contributed by atoms with Gasteiger partial charge in [-0.1, -0.05) is 6.07 Å². The van der Waals surface area contributed by atoms with Gasteiger partial charge in [0.05, 0.1) is 6.42 Å². The van der Waals surface area contributed by atoms with Crippen LogP contribution in [0, 0.1) is 0 Å². The molecule has 0 unspecified atom stereocenters. The third kappa shape index (κ3) is 4.05. The summed E-state index contributed by atoms with van der Waals surface area (Å²) in [5, 5.41) is 4.86. The highest BCUT2D eigenvalue weighted by Gasteiger charge is 2.02. The molecule has 0 aliphatic rings. The molecule has 0 saturated heterocycles. The van der Waals surface area contributed by atoms with Crippen molar-refractivity contribution in [3.05, 3.63) is 22.4 Å². The Kier molecular flexibility index (Phi) is 4.49. The van der Waals surface area contributed by atoms with Crippen LogP contribution in [0.2, 0.25) is 0 Å². The fourth-order valence-electron chi connectivity index (χ4n) is 0.846. The van der Waals surface area contributed by atoms with Gasteiger partial charge in [0.15, 0.2) is 0 Å². The number of carbonyl (C=O) groups is 1. The van der Waals surface area contributed by atoms with Crippen LogP contribution in [0.15, 0.2) is 17.5 Å². The maximum atomic E-state index is 11.0. The van der Waals surface area contributed by atoms with Gasteiger partial charge in [-0.3, -0.25) is 4.79 Å². The summed E-state index contributed by atoms with van der Waals surface area (Å²) < 4.78 is 5.02. The first-order valence-electron chi connectivity index (χ1n) is 4.15. The number of thiophene rings is 1. The predicted octanol–water partition coefficient (Wildman–Crippen LogP) is 1.40. The van der Waals surface area contributed by atoms with Gasteiger partial charge < -0.3 is 10.1 Å². The Balaban J connectivity index is 2.15. The molecule has 1 N–H and O–H groups in total. The lowest BCUT2D eigenvalue weighted by molar-refractivity contribution is -0.144. The van der Waals surface area contributed by atoms with Crippen LogP contribution in [0.3, 0.4) is 0 Å². The van der Waals surface area contributed by atoms with Gasteiger partial charge in [-0.25, -0.2) is 0 Å². The second kappa shape index (κ2) is 5.72. The molecule has 0 aromatic carbocycles. The third-order valence-electron chi connectivity index (χ3n) is 1.53. The molecule has 1 heterocycles. The van der Waals surface area contributed by atoms with Gasteiger partial charge in [-0.2, -0.15) is 0 Å². The quantitative estimate of drug-likeness (QED) is 0.728. The molecule has 0 radical (unpaired) electrons. The van der Waals surface area contributed by atoms with E-state index in [1.807, 2.05) is 24.6 Å². The van der Waals surface area contributed by atoms with Crippen molar-refractivity contribution >= 4 is 17.3 Å². The van der Waals surface area contributed by atoms with Crippen LogP contribution in [-0.4, -0.2) is 19.6 Å². The molecule has 0 atom stereocenters. The summed E-state index contributed by atoms with van der Waals surface area (Å²) in [7, 11) is 1.81. The van der Waals surface area contributed by atoms with Crippen molar-refractivity contribution in [1.29, 1.82) is 0 Å². The topological polar surface area (TPSA) is 38.3 Å². The summed E-state index contributed by atoms with van der Waals surface area (Å²) in [6.07, 6.45) is 0.432. The number of hydrogen-bond acceptors (Lipinski definition) is 4. The molecule has 3 nitrogen and oxygen atoms in total. The highest BCUT2D eigenvalue weighted by molar-refractivity contribution is 7.09. The van der Waals surface area contributed by atoms with Gasteiger partial charge in [-0.15, -0.1) is 11.3 Å². The second-order valence-electron chi connectivity index (χ2n) is 2.59. The zero-order valence-corrected chi connectivity index (χ0v) is 8.39. The molecule has 0 saturated carbocycles. The van der Waals surface area contributed by atoms with E-state index in [0.717, 1.165) is 4.88 Å². The molecule has 13 heavy (non-hydrogen) atoms. The molecule has 1 rings (SSSR count). The van der Waals surface area contributed by atoms with E-state index in [1.54, 1.807) is 11.3 Å². The normalized spacial score (nSPS) is 9.92. The third-order valence-corrected chi connectivity index (χ3v) is 2.38. The zero-order valence-electron chi connectivity index (χ0n) is 7.58. The van der Waals surface area contributed by atoms with E-state index in [2.05, 4.69) is 5.32 Å². The van der Waals surface area contributed by atoms with Crippen molar-refractivity contribution < 1.29 is 9.53 Å². The van der Waals surface area contributed by atoms with Crippen LogP contribution in [0.5, 0.6) is 0 Å². The minimum atomic E-state index is -0.150. The number of hydrogen-bond donors (Lipinski definition) is 1. The average Bonchev–Trinajstić information content (AvgIpc) is 2.64. The molecule has 1 aromatic heterocycles. The Bertz CT molecular complexity index is 246. The van der Waals surface area contributed by atoms with E-state index in [0.29, 0.717) is 19.6 Å². The molecule has 72 valence electrons. The molecule has 0 aliphatic heterocycles. The molecule has 0 amide bonds. The minimum Gasteiger partial charge on any atom is -0.460 e. The molecule has 4 heteroatoms. The number of carbonyl (C=O) groups excluding carboxylic acids is 1. The number of esters is 1. The first-order valence-corrected chi connectivity index (χ1v) is 5.03. The Labute approximate surface area is 81.7 Å². The van der Waals surface area contributed by atoms with E-state index < -0.39 is 0 Å². The maximum Gasteiger partial charge on any atom is 0.307 e. The van der Waals surface area contributed by atoms with Crippen LogP contribution in [-0.2, 0) is 16.1 Å². The van der Waals surface area contributed by atoms with Gasteiger partial charge in [0.1, 0.15) is 6.61 Å². The highest BCUT2D eigenvalue weighted by Crippen LogP contribution is 2.09. The van der Waals surface area contributed by atoms with Gasteiger partial charge >= 0.3 is 5.97 Å². The summed E-state index contributed by atoms with van der Waals surface area (Å²) in [6.45, 7) is 1.07. The number of nitrogens with one attached hydrogen (secondary N) is 1. The Morgan fingerprint density at radius 1 is 1.69 bits per heavy atom. The van der Waals surface area contributed by atoms with Crippen LogP contribution >= 0.6 is 11.3 Å². The predicted molar refractivity (Wildman–Crippen MR) is 52.7 cm³/mol. The molecule has 1 aromatic rings. The molecule has 0 fully saturated rings. The summed E-state index contributed by atoms with van der Waals surface area (Å²) in [5.41, 5.74) is 0. The molecule has 0 bridgehead atoms. The van der Waals surface area contributed by atoms with E-state index in [-0.39, 0.29) is 5.97 Å². The van der Waals surface area contributed by atoms with Gasteiger partial charge in [0.25, 0.3) is 0 Å². The summed E-state index contributed by atoms with van der Waals surface area (Å²) in [6, 6.07) is 3.90. The lowest BCUT2D eigenvalue weighted by Gasteiger charge is -2.01. The van der Waals surface area contributed by atoms with Crippen molar-refractivity contribution in [3.8, 4) is 0 Å². The molecular weight excluding hydrogens is 186 g/mol. The summed E-state index contributed by atoms with van der Waals surface area (Å²) >= 11 is 1.60. The fraction of sp³-hybridized carbons (Fsp3) is 0.444. The fourth-order valence-corrected chi connectivity index (χ4v) is 1.46. The van der Waals surface area contributed by atoms with Gasteiger partial charge in [0, 0.05) is 11.4 Å². The van der Waals surface area contributed by atoms with Crippen molar-refractivity contribution in [3.63, 3.8) is 0 Å². The average molecular weight is 199 g/mol. The van der Waals surface area contributed by atoms with Gasteiger partial charge in [0.2, 0.25) is 0 Å². The summed E-state index contributed by atoms with van der Waals surface area (Å²) in [5.74, 6) is -0.150. The monoisotopic (exact) mass is 199 g/mol. The van der Waals surface area contributed by atoms with Crippen molar-refractivity contribution in [2.24, 2.45) is 0 Å². The molecular formula is C9H13NO2S. The largest absolute Gasteiger partial charge is 0.460 e. The van der Waals surface area contributed by atoms with Crippen molar-refractivity contribution in [2.45, 2.75) is 13.0 Å². The number of ether oxygens (including phenoxy) is 1. The lowest BCUT2D eigenvalue weighted by Crippen LogP contribution is -2.14. The Morgan fingerprint density at radius 2 is 2.54 bits per heavy atom. The standard InChI is InChI=1S/C9H13NO2S/c1-10-5-4-9(11)12-7-8-3-2-6-13-8/h2-3,6,10H,4-5,7H2,1H3. The minimum absolute atomic E-state index is 0.150. The van der Waals surface area contributed by atoms with Crippen LogP contribution in [0.25, 0.3) is 0 Å². The second-order valence-corrected chi connectivity index (χ2v) is 3.63. The van der Waals surface area contributed by atoms with E-state index in [1.165, 1.54) is 0 Å². The van der Waals surface area contributed by atoms with Crippen molar-refractivity contribution in [1.82, 2.24) is 5.32 Å². The van der Waals surface area contributed by atoms with Crippen molar-refractivity contribution in [2.75, 3.05) is 13.6 Å². The van der Waals surface area contributed by atoms with E-state index >= 15 is 0 Å². The first-order chi connectivity index (χ1) is 6.33. The smallest absolute Gasteiger partial charge is 0.307 e. The van der Waals surface area contributed by atoms with Crippen LogP contribution in [0.1, 0.15) is 11.3 Å². The zero-order chi connectivity index (χ0) is 9.52. The maximum absolute atomic E-state index is 11.0.